The van der Waals surface area contributed by atoms with Crippen molar-refractivity contribution in [2.75, 3.05) is 19.6 Å². The number of rotatable bonds is 5. The second-order valence-electron chi connectivity index (χ2n) is 8.31. The molecule has 4 atom stereocenters. The first kappa shape index (κ1) is 19.1. The summed E-state index contributed by atoms with van der Waals surface area (Å²) in [5, 5.41) is 7.70. The molecule has 2 bridgehead atoms. The van der Waals surface area contributed by atoms with Crippen LogP contribution in [-0.4, -0.2) is 46.3 Å². The monoisotopic (exact) mass is 408 g/mol. The number of carbonyl (C=O) groups is 1. The maximum atomic E-state index is 13.2. The number of piperidine rings is 3. The van der Waals surface area contributed by atoms with Gasteiger partial charge in [0.15, 0.2) is 5.76 Å². The number of furan rings is 1. The van der Waals surface area contributed by atoms with Crippen molar-refractivity contribution in [1.29, 1.82) is 0 Å². The van der Waals surface area contributed by atoms with Crippen molar-refractivity contribution >= 4 is 5.91 Å². The van der Waals surface area contributed by atoms with E-state index in [4.69, 9.17) is 4.42 Å². The van der Waals surface area contributed by atoms with Crippen LogP contribution >= 0.6 is 0 Å². The number of aromatic nitrogens is 2. The molecule has 3 aliphatic rings. The van der Waals surface area contributed by atoms with Crippen LogP contribution in [0.3, 0.4) is 0 Å². The quantitative estimate of drug-likeness (QED) is 0.703. The predicted molar refractivity (Wildman–Crippen MR) is 110 cm³/mol. The lowest BCUT2D eigenvalue weighted by Gasteiger charge is -2.49. The fourth-order valence-corrected chi connectivity index (χ4v) is 4.98. The normalized spacial score (nSPS) is 25.4. The first-order valence-corrected chi connectivity index (χ1v) is 10.4. The van der Waals surface area contributed by atoms with Crippen LogP contribution in [-0.2, 0) is 7.05 Å². The number of aryl methyl sites for hydroxylation is 1. The van der Waals surface area contributed by atoms with Gasteiger partial charge in [0.2, 0.25) is 0 Å². The number of amides is 1. The molecule has 3 fully saturated rings. The van der Waals surface area contributed by atoms with E-state index in [9.17, 15) is 9.18 Å². The fourth-order valence-electron chi connectivity index (χ4n) is 4.98. The first-order valence-electron chi connectivity index (χ1n) is 10.4. The second-order valence-corrected chi connectivity index (χ2v) is 8.31. The van der Waals surface area contributed by atoms with Gasteiger partial charge in [0, 0.05) is 43.4 Å². The smallest absolute Gasteiger partial charge is 0.287 e. The number of hydrogen-bond acceptors (Lipinski definition) is 4. The molecule has 6 nitrogen and oxygen atoms in total. The highest BCUT2D eigenvalue weighted by atomic mass is 19.1. The van der Waals surface area contributed by atoms with Crippen LogP contribution in [0.15, 0.2) is 53.1 Å². The molecule has 1 unspecified atom stereocenters. The molecule has 0 spiro atoms. The molecule has 6 rings (SSSR count). The molecule has 1 aromatic carbocycles. The summed E-state index contributed by atoms with van der Waals surface area (Å²) in [7, 11) is 1.99. The SMILES string of the molecule is Cn1nc(-c2ccc(F)cc2)cc1[C@H]1CN2CC[C@H]1C[C@@H]2CNC(=O)c1ccco1. The molecule has 7 heteroatoms. The average molecular weight is 408 g/mol. The summed E-state index contributed by atoms with van der Waals surface area (Å²) in [6, 6.07) is 12.4. The van der Waals surface area contributed by atoms with Gasteiger partial charge in [-0.2, -0.15) is 5.10 Å². The van der Waals surface area contributed by atoms with E-state index >= 15 is 0 Å². The van der Waals surface area contributed by atoms with E-state index < -0.39 is 0 Å². The van der Waals surface area contributed by atoms with E-state index in [1.807, 2.05) is 11.7 Å². The van der Waals surface area contributed by atoms with Crippen LogP contribution in [0.1, 0.15) is 35.0 Å². The molecule has 1 N–H and O–H groups in total. The van der Waals surface area contributed by atoms with Crippen LogP contribution in [0.2, 0.25) is 0 Å². The molecule has 1 amide bonds. The lowest BCUT2D eigenvalue weighted by atomic mass is 9.74. The maximum Gasteiger partial charge on any atom is 0.287 e. The zero-order valence-corrected chi connectivity index (χ0v) is 16.9. The number of nitrogens with one attached hydrogen (secondary N) is 1. The van der Waals surface area contributed by atoms with Crippen LogP contribution in [0.25, 0.3) is 11.3 Å². The Morgan fingerprint density at radius 2 is 2.13 bits per heavy atom. The van der Waals surface area contributed by atoms with Crippen LogP contribution in [0, 0.1) is 11.7 Å². The van der Waals surface area contributed by atoms with E-state index in [0.29, 0.717) is 30.2 Å². The van der Waals surface area contributed by atoms with Gasteiger partial charge in [0.25, 0.3) is 5.91 Å². The van der Waals surface area contributed by atoms with Gasteiger partial charge in [0.1, 0.15) is 5.82 Å². The van der Waals surface area contributed by atoms with Crippen LogP contribution in [0.5, 0.6) is 0 Å². The Hall–Kier alpha value is -2.93. The topological polar surface area (TPSA) is 63.3 Å². The molecule has 0 saturated carbocycles. The van der Waals surface area contributed by atoms with Crippen molar-refractivity contribution in [3.63, 3.8) is 0 Å². The molecule has 3 aromatic rings. The lowest BCUT2D eigenvalue weighted by Crippen LogP contribution is -2.56. The number of fused-ring (bicyclic) bond motifs is 3. The van der Waals surface area contributed by atoms with E-state index in [1.165, 1.54) is 24.1 Å². The van der Waals surface area contributed by atoms with Gasteiger partial charge in [-0.05, 0) is 67.8 Å². The zero-order valence-electron chi connectivity index (χ0n) is 16.9. The van der Waals surface area contributed by atoms with Gasteiger partial charge >= 0.3 is 0 Å². The summed E-state index contributed by atoms with van der Waals surface area (Å²) < 4.78 is 20.4. The maximum absolute atomic E-state index is 13.2. The van der Waals surface area contributed by atoms with Crippen molar-refractivity contribution < 1.29 is 13.6 Å². The average Bonchev–Trinajstić information content (AvgIpc) is 3.43. The minimum Gasteiger partial charge on any atom is -0.459 e. The summed E-state index contributed by atoms with van der Waals surface area (Å²) in [4.78, 5) is 14.7. The third kappa shape index (κ3) is 3.54. The Morgan fingerprint density at radius 3 is 2.83 bits per heavy atom. The Balaban J connectivity index is 1.27. The summed E-state index contributed by atoms with van der Waals surface area (Å²) in [6.07, 6.45) is 3.73. The van der Waals surface area contributed by atoms with Gasteiger partial charge in [-0.3, -0.25) is 14.4 Å². The molecule has 3 saturated heterocycles. The zero-order chi connectivity index (χ0) is 20.7. The molecule has 5 heterocycles. The molecule has 0 aliphatic carbocycles. The minimum absolute atomic E-state index is 0.158. The number of halogens is 1. The van der Waals surface area contributed by atoms with Gasteiger partial charge in [0.05, 0.1) is 12.0 Å². The highest BCUT2D eigenvalue weighted by molar-refractivity contribution is 5.91. The van der Waals surface area contributed by atoms with Crippen molar-refractivity contribution in [2.24, 2.45) is 13.0 Å². The number of benzene rings is 1. The standard InChI is InChI=1S/C23H25FN4O2/c1-27-21(12-20(26-27)15-4-6-17(24)7-5-15)19-14-28-9-8-16(19)11-18(28)13-25-23(29)22-3-2-10-30-22/h2-7,10,12,16,18-19H,8-9,11,13-14H2,1H3,(H,25,29)/t16-,18+,19-/m0/s1. The highest BCUT2D eigenvalue weighted by Crippen LogP contribution is 2.42. The third-order valence-corrected chi connectivity index (χ3v) is 6.56. The molecule has 2 aromatic heterocycles. The molecule has 3 aliphatic heterocycles. The van der Waals surface area contributed by atoms with Crippen molar-refractivity contribution in [2.45, 2.75) is 24.8 Å². The molecule has 30 heavy (non-hydrogen) atoms. The van der Waals surface area contributed by atoms with Gasteiger partial charge in [-0.25, -0.2) is 4.39 Å². The Morgan fingerprint density at radius 1 is 1.30 bits per heavy atom. The summed E-state index contributed by atoms with van der Waals surface area (Å²) >= 11 is 0. The molecule has 0 radical (unpaired) electrons. The number of nitrogens with zero attached hydrogens (tertiary/aromatic N) is 3. The summed E-state index contributed by atoms with van der Waals surface area (Å²) in [5.41, 5.74) is 3.03. The molecular formula is C23H25FN4O2. The first-order chi connectivity index (χ1) is 14.6. The van der Waals surface area contributed by atoms with E-state index in [-0.39, 0.29) is 11.7 Å². The lowest BCUT2D eigenvalue weighted by molar-refractivity contribution is 0.0278. The summed E-state index contributed by atoms with van der Waals surface area (Å²) in [5.74, 6) is 0.943. The van der Waals surface area contributed by atoms with Crippen LogP contribution in [0.4, 0.5) is 4.39 Å². The second kappa shape index (κ2) is 7.72. The molecular weight excluding hydrogens is 383 g/mol. The minimum atomic E-state index is -0.238. The fraction of sp³-hybridized carbons (Fsp3) is 0.391. The Kier molecular flexibility index (Phi) is 4.90. The Bertz CT molecular complexity index is 1030. The summed E-state index contributed by atoms with van der Waals surface area (Å²) in [6.45, 7) is 2.66. The van der Waals surface area contributed by atoms with Gasteiger partial charge in [-0.15, -0.1) is 0 Å². The van der Waals surface area contributed by atoms with Gasteiger partial charge in [-0.1, -0.05) is 0 Å². The highest BCUT2D eigenvalue weighted by Gasteiger charge is 2.41. The van der Waals surface area contributed by atoms with Crippen molar-refractivity contribution in [1.82, 2.24) is 20.0 Å². The van der Waals surface area contributed by atoms with E-state index in [2.05, 4.69) is 21.4 Å². The van der Waals surface area contributed by atoms with Crippen molar-refractivity contribution in [3.8, 4) is 11.3 Å². The number of hydrogen-bond donors (Lipinski definition) is 1. The predicted octanol–water partition coefficient (Wildman–Crippen LogP) is 3.43. The Labute approximate surface area is 174 Å². The molecule has 156 valence electrons. The largest absolute Gasteiger partial charge is 0.459 e. The van der Waals surface area contributed by atoms with Gasteiger partial charge < -0.3 is 9.73 Å². The van der Waals surface area contributed by atoms with Crippen LogP contribution < -0.4 is 5.32 Å². The third-order valence-electron chi connectivity index (χ3n) is 6.56. The van der Waals surface area contributed by atoms with Crippen molar-refractivity contribution in [3.05, 3.63) is 66.0 Å². The number of carbonyl (C=O) groups excluding carboxylic acids is 1. The van der Waals surface area contributed by atoms with E-state index in [0.717, 1.165) is 37.2 Å². The van der Waals surface area contributed by atoms with E-state index in [1.54, 1.807) is 24.3 Å².